The first-order chi connectivity index (χ1) is 18.9. The van der Waals surface area contributed by atoms with Gasteiger partial charge in [0.2, 0.25) is 17.7 Å². The van der Waals surface area contributed by atoms with E-state index in [9.17, 15) is 14.4 Å². The lowest BCUT2D eigenvalue weighted by Gasteiger charge is -2.32. The van der Waals surface area contributed by atoms with E-state index in [1.807, 2.05) is 59.5 Å². The molecular formula is C31H41N4O4. The Morgan fingerprint density at radius 1 is 1.00 bits per heavy atom. The first kappa shape index (κ1) is 28.6. The molecule has 0 saturated carbocycles. The minimum Gasteiger partial charge on any atom is -0.489 e. The minimum atomic E-state index is -0.701. The molecule has 4 rings (SSSR count). The van der Waals surface area contributed by atoms with Gasteiger partial charge in [-0.2, -0.15) is 0 Å². The number of carbonyl (C=O) groups is 3. The Morgan fingerprint density at radius 3 is 2.41 bits per heavy atom. The summed E-state index contributed by atoms with van der Waals surface area (Å²) in [6.45, 7) is 5.93. The van der Waals surface area contributed by atoms with Crippen LogP contribution in [-0.2, 0) is 27.4 Å². The van der Waals surface area contributed by atoms with Crippen LogP contribution in [0.3, 0.4) is 0 Å². The molecule has 3 amide bonds. The number of primary amides is 1. The standard InChI is InChI=1S/C31H41N4O4/c1-23(30(32)37)11-16-29(36)33-28(31(38)35-19-7-10-26(35)21-34-17-5-6-18-34)20-24-12-14-27(15-13-24)39-22-25-8-3-2-4-9-25/h2-4,8-9,12-16,23,26,28H,5-7,10-11,17-22H2,1H3,(H2,32,37)(H,33,36)/t23-,26-,28-/m0/s1. The zero-order valence-electron chi connectivity index (χ0n) is 22.9. The van der Waals surface area contributed by atoms with E-state index in [0.29, 0.717) is 19.6 Å². The molecule has 0 aliphatic carbocycles. The number of hydrogen-bond acceptors (Lipinski definition) is 5. The molecule has 0 aromatic heterocycles. The van der Waals surface area contributed by atoms with E-state index in [1.54, 1.807) is 6.92 Å². The van der Waals surface area contributed by atoms with Crippen molar-refractivity contribution >= 4 is 17.7 Å². The molecule has 3 atom stereocenters. The second kappa shape index (κ2) is 14.1. The summed E-state index contributed by atoms with van der Waals surface area (Å²) in [6, 6.07) is 17.1. The maximum Gasteiger partial charge on any atom is 0.245 e. The van der Waals surface area contributed by atoms with Gasteiger partial charge in [-0.05, 0) is 68.5 Å². The Bertz CT molecular complexity index is 1090. The molecule has 2 fully saturated rings. The van der Waals surface area contributed by atoms with Crippen molar-refractivity contribution in [2.45, 2.75) is 64.1 Å². The van der Waals surface area contributed by atoms with Gasteiger partial charge in [0.25, 0.3) is 0 Å². The molecule has 1 radical (unpaired) electrons. The van der Waals surface area contributed by atoms with Gasteiger partial charge in [-0.15, -0.1) is 0 Å². The first-order valence-corrected chi connectivity index (χ1v) is 14.1. The third kappa shape index (κ3) is 8.55. The Hall–Kier alpha value is -3.39. The molecule has 8 nitrogen and oxygen atoms in total. The van der Waals surface area contributed by atoms with Crippen molar-refractivity contribution in [1.29, 1.82) is 0 Å². The average Bonchev–Trinajstić information content (AvgIpc) is 3.63. The van der Waals surface area contributed by atoms with Crippen molar-refractivity contribution in [3.8, 4) is 5.75 Å². The maximum absolute atomic E-state index is 13.8. The van der Waals surface area contributed by atoms with Crippen LogP contribution in [0.4, 0.5) is 0 Å². The van der Waals surface area contributed by atoms with Crippen LogP contribution in [0.2, 0.25) is 0 Å². The van der Waals surface area contributed by atoms with E-state index in [4.69, 9.17) is 10.5 Å². The number of nitrogens with zero attached hydrogens (tertiary/aromatic N) is 2. The van der Waals surface area contributed by atoms with Gasteiger partial charge in [-0.25, -0.2) is 0 Å². The number of likely N-dealkylation sites (tertiary alicyclic amines) is 2. The van der Waals surface area contributed by atoms with Crippen LogP contribution < -0.4 is 15.8 Å². The first-order valence-electron chi connectivity index (χ1n) is 14.1. The summed E-state index contributed by atoms with van der Waals surface area (Å²) < 4.78 is 5.90. The fourth-order valence-corrected chi connectivity index (χ4v) is 5.31. The van der Waals surface area contributed by atoms with Gasteiger partial charge in [0.15, 0.2) is 0 Å². The Morgan fingerprint density at radius 2 is 1.72 bits per heavy atom. The third-order valence-corrected chi connectivity index (χ3v) is 7.70. The lowest BCUT2D eigenvalue weighted by molar-refractivity contribution is -0.137. The van der Waals surface area contributed by atoms with Crippen LogP contribution in [0.1, 0.15) is 50.2 Å². The van der Waals surface area contributed by atoms with Gasteiger partial charge in [0.1, 0.15) is 18.4 Å². The molecule has 0 spiro atoms. The Balaban J connectivity index is 1.41. The van der Waals surface area contributed by atoms with E-state index in [-0.39, 0.29) is 24.3 Å². The number of nitrogens with one attached hydrogen (secondary N) is 1. The fourth-order valence-electron chi connectivity index (χ4n) is 5.31. The van der Waals surface area contributed by atoms with Crippen molar-refractivity contribution in [1.82, 2.24) is 15.1 Å². The molecule has 39 heavy (non-hydrogen) atoms. The minimum absolute atomic E-state index is 0.0502. The molecular weight excluding hydrogens is 492 g/mol. The summed E-state index contributed by atoms with van der Waals surface area (Å²) in [7, 11) is 0. The number of carbonyl (C=O) groups excluding carboxylic acids is 3. The third-order valence-electron chi connectivity index (χ3n) is 7.70. The number of nitrogens with two attached hydrogens (primary N) is 1. The van der Waals surface area contributed by atoms with E-state index in [1.165, 1.54) is 19.3 Å². The molecule has 2 aromatic carbocycles. The highest BCUT2D eigenvalue weighted by molar-refractivity contribution is 5.92. The van der Waals surface area contributed by atoms with Gasteiger partial charge in [-0.1, -0.05) is 49.4 Å². The Labute approximate surface area is 231 Å². The summed E-state index contributed by atoms with van der Waals surface area (Å²) in [4.78, 5) is 42.4. The van der Waals surface area contributed by atoms with E-state index >= 15 is 0 Å². The maximum atomic E-state index is 13.8. The molecule has 8 heteroatoms. The van der Waals surface area contributed by atoms with E-state index < -0.39 is 17.9 Å². The second-order valence-electron chi connectivity index (χ2n) is 10.8. The highest BCUT2D eigenvalue weighted by Crippen LogP contribution is 2.23. The molecule has 209 valence electrons. The predicted molar refractivity (Wildman–Crippen MR) is 151 cm³/mol. The smallest absolute Gasteiger partial charge is 0.245 e. The van der Waals surface area contributed by atoms with Crippen molar-refractivity contribution in [3.05, 3.63) is 72.1 Å². The topological polar surface area (TPSA) is 105 Å². The lowest BCUT2D eigenvalue weighted by Crippen LogP contribution is -2.53. The highest BCUT2D eigenvalue weighted by atomic mass is 16.5. The lowest BCUT2D eigenvalue weighted by atomic mass is 10.0. The number of rotatable bonds is 13. The van der Waals surface area contributed by atoms with Crippen LogP contribution in [0, 0.1) is 12.3 Å². The molecule has 2 aliphatic rings. The van der Waals surface area contributed by atoms with Crippen LogP contribution in [0.25, 0.3) is 0 Å². The Kier molecular flexibility index (Phi) is 10.4. The zero-order chi connectivity index (χ0) is 27.6. The van der Waals surface area contributed by atoms with Crippen LogP contribution in [0.15, 0.2) is 54.6 Å². The normalized spacial score (nSPS) is 19.0. The molecule has 2 heterocycles. The van der Waals surface area contributed by atoms with Gasteiger partial charge >= 0.3 is 0 Å². The SMILES string of the molecule is C[C@@H](C[CH]C(=O)N[C@@H](Cc1ccc(OCc2ccccc2)cc1)C(=O)N1CCC[C@H]1CN1CCCC1)C(N)=O. The number of ether oxygens (including phenoxy) is 1. The van der Waals surface area contributed by atoms with Crippen LogP contribution in [-0.4, -0.2) is 65.8 Å². The average molecular weight is 534 g/mol. The summed E-state index contributed by atoms with van der Waals surface area (Å²) in [5.74, 6) is -0.571. The quantitative estimate of drug-likeness (QED) is 0.412. The summed E-state index contributed by atoms with van der Waals surface area (Å²) in [6.07, 6.45) is 6.40. The second-order valence-corrected chi connectivity index (χ2v) is 10.8. The number of hydrogen-bond donors (Lipinski definition) is 2. The van der Waals surface area contributed by atoms with Crippen molar-refractivity contribution in [3.63, 3.8) is 0 Å². The number of benzene rings is 2. The van der Waals surface area contributed by atoms with Crippen molar-refractivity contribution in [2.75, 3.05) is 26.2 Å². The molecule has 2 aromatic rings. The van der Waals surface area contributed by atoms with Gasteiger partial charge in [-0.3, -0.25) is 14.4 Å². The summed E-state index contributed by atoms with van der Waals surface area (Å²) in [5, 5.41) is 2.93. The molecule has 2 saturated heterocycles. The largest absolute Gasteiger partial charge is 0.489 e. The molecule has 0 bridgehead atoms. The van der Waals surface area contributed by atoms with Crippen LogP contribution >= 0.6 is 0 Å². The van der Waals surface area contributed by atoms with E-state index in [2.05, 4.69) is 10.2 Å². The summed E-state index contributed by atoms with van der Waals surface area (Å²) in [5.41, 5.74) is 7.36. The van der Waals surface area contributed by atoms with Gasteiger partial charge in [0, 0.05) is 31.5 Å². The summed E-state index contributed by atoms with van der Waals surface area (Å²) >= 11 is 0. The molecule has 0 unspecified atom stereocenters. The van der Waals surface area contributed by atoms with E-state index in [0.717, 1.165) is 49.4 Å². The predicted octanol–water partition coefficient (Wildman–Crippen LogP) is 3.10. The zero-order valence-corrected chi connectivity index (χ0v) is 22.9. The van der Waals surface area contributed by atoms with Gasteiger partial charge < -0.3 is 25.6 Å². The molecule has 2 aliphatic heterocycles. The van der Waals surface area contributed by atoms with Gasteiger partial charge in [0.05, 0.1) is 6.42 Å². The molecule has 3 N–H and O–H groups in total. The van der Waals surface area contributed by atoms with Crippen LogP contribution in [0.5, 0.6) is 5.75 Å². The number of amides is 3. The highest BCUT2D eigenvalue weighted by Gasteiger charge is 2.35. The van der Waals surface area contributed by atoms with Crippen molar-refractivity contribution in [2.24, 2.45) is 11.7 Å². The fraction of sp³-hybridized carbons (Fsp3) is 0.484. The van der Waals surface area contributed by atoms with Crippen molar-refractivity contribution < 1.29 is 19.1 Å². The monoisotopic (exact) mass is 533 g/mol.